The average molecular weight is 199 g/mol. The van der Waals surface area contributed by atoms with Crippen LogP contribution in [-0.2, 0) is 0 Å². The molecule has 4 atom stereocenters. The Morgan fingerprint density at radius 1 is 1.43 bits per heavy atom. The Labute approximate surface area is 88.1 Å². The van der Waals surface area contributed by atoms with Gasteiger partial charge in [0.15, 0.2) is 0 Å². The molecule has 1 rings (SSSR count). The number of hydrogen-bond acceptors (Lipinski definition) is 2. The molecule has 2 N–H and O–H groups in total. The smallest absolute Gasteiger partial charge is 0.0690 e. The molecule has 0 aliphatic heterocycles. The molecule has 0 bridgehead atoms. The van der Waals surface area contributed by atoms with E-state index in [1.807, 2.05) is 0 Å². The van der Waals surface area contributed by atoms with E-state index in [1.54, 1.807) is 0 Å². The lowest BCUT2D eigenvalue weighted by Crippen LogP contribution is -2.36. The van der Waals surface area contributed by atoms with E-state index < -0.39 is 0 Å². The Morgan fingerprint density at radius 3 is 2.64 bits per heavy atom. The van der Waals surface area contributed by atoms with Crippen molar-refractivity contribution < 1.29 is 5.11 Å². The highest BCUT2D eigenvalue weighted by atomic mass is 16.3. The molecular formula is C12H25NO. The molecule has 0 aromatic carbocycles. The Balaban J connectivity index is 2.14. The molecule has 14 heavy (non-hydrogen) atoms. The SMILES string of the molecule is CCC(C)C(O)CNC1CCC(C)C1. The lowest BCUT2D eigenvalue weighted by atomic mass is 10.0. The van der Waals surface area contributed by atoms with Crippen molar-refractivity contribution in [2.45, 2.75) is 58.6 Å². The van der Waals surface area contributed by atoms with Gasteiger partial charge in [0.05, 0.1) is 6.10 Å². The number of aliphatic hydroxyl groups is 1. The summed E-state index contributed by atoms with van der Waals surface area (Å²) in [5.74, 6) is 1.29. The van der Waals surface area contributed by atoms with Crippen LogP contribution in [0.25, 0.3) is 0 Å². The predicted molar refractivity (Wildman–Crippen MR) is 60.3 cm³/mol. The van der Waals surface area contributed by atoms with E-state index in [2.05, 4.69) is 26.1 Å². The van der Waals surface area contributed by atoms with Gasteiger partial charge < -0.3 is 10.4 Å². The van der Waals surface area contributed by atoms with Crippen LogP contribution in [0.15, 0.2) is 0 Å². The first-order valence-electron chi connectivity index (χ1n) is 6.05. The van der Waals surface area contributed by atoms with Crippen LogP contribution in [0.5, 0.6) is 0 Å². The maximum Gasteiger partial charge on any atom is 0.0690 e. The zero-order chi connectivity index (χ0) is 10.6. The first kappa shape index (κ1) is 12.0. The molecule has 0 heterocycles. The van der Waals surface area contributed by atoms with Gasteiger partial charge in [0.25, 0.3) is 0 Å². The van der Waals surface area contributed by atoms with E-state index in [9.17, 15) is 5.11 Å². The molecule has 1 aliphatic rings. The van der Waals surface area contributed by atoms with Crippen LogP contribution < -0.4 is 5.32 Å². The van der Waals surface area contributed by atoms with Crippen LogP contribution in [0.2, 0.25) is 0 Å². The van der Waals surface area contributed by atoms with Gasteiger partial charge in [-0.25, -0.2) is 0 Å². The maximum absolute atomic E-state index is 9.78. The zero-order valence-corrected chi connectivity index (χ0v) is 9.79. The molecule has 0 aromatic rings. The molecule has 4 unspecified atom stereocenters. The van der Waals surface area contributed by atoms with Gasteiger partial charge in [-0.2, -0.15) is 0 Å². The van der Waals surface area contributed by atoms with Gasteiger partial charge in [-0.05, 0) is 31.1 Å². The molecule has 84 valence electrons. The zero-order valence-electron chi connectivity index (χ0n) is 9.79. The highest BCUT2D eigenvalue weighted by Gasteiger charge is 2.22. The van der Waals surface area contributed by atoms with E-state index in [4.69, 9.17) is 0 Å². The summed E-state index contributed by atoms with van der Waals surface area (Å²) in [5, 5.41) is 13.3. The first-order valence-corrected chi connectivity index (χ1v) is 6.05. The summed E-state index contributed by atoms with van der Waals surface area (Å²) in [6.07, 6.45) is 4.80. The van der Waals surface area contributed by atoms with Gasteiger partial charge in [-0.3, -0.25) is 0 Å². The van der Waals surface area contributed by atoms with E-state index in [0.29, 0.717) is 12.0 Å². The van der Waals surface area contributed by atoms with E-state index >= 15 is 0 Å². The average Bonchev–Trinajstić information content (AvgIpc) is 2.59. The van der Waals surface area contributed by atoms with E-state index in [1.165, 1.54) is 19.3 Å². The molecule has 2 heteroatoms. The Hall–Kier alpha value is -0.0800. The summed E-state index contributed by atoms with van der Waals surface area (Å²) >= 11 is 0. The summed E-state index contributed by atoms with van der Waals surface area (Å²) in [6, 6.07) is 0.656. The normalized spacial score (nSPS) is 31.7. The first-order chi connectivity index (χ1) is 6.63. The lowest BCUT2D eigenvalue weighted by Gasteiger charge is -2.20. The monoisotopic (exact) mass is 199 g/mol. The number of rotatable bonds is 5. The van der Waals surface area contributed by atoms with Crippen molar-refractivity contribution >= 4 is 0 Å². The predicted octanol–water partition coefficient (Wildman–Crippen LogP) is 2.17. The minimum atomic E-state index is -0.170. The third-order valence-electron chi connectivity index (χ3n) is 3.61. The maximum atomic E-state index is 9.78. The van der Waals surface area contributed by atoms with Crippen LogP contribution in [0.3, 0.4) is 0 Å². The Morgan fingerprint density at radius 2 is 2.14 bits per heavy atom. The second-order valence-electron chi connectivity index (χ2n) is 4.98. The van der Waals surface area contributed by atoms with Gasteiger partial charge in [-0.1, -0.05) is 27.2 Å². The molecule has 0 amide bonds. The highest BCUT2D eigenvalue weighted by molar-refractivity contribution is 4.79. The van der Waals surface area contributed by atoms with Crippen LogP contribution in [0.1, 0.15) is 46.5 Å². The van der Waals surface area contributed by atoms with Crippen LogP contribution in [0.4, 0.5) is 0 Å². The molecule has 2 nitrogen and oxygen atoms in total. The van der Waals surface area contributed by atoms with Crippen molar-refractivity contribution in [3.8, 4) is 0 Å². The third-order valence-corrected chi connectivity index (χ3v) is 3.61. The largest absolute Gasteiger partial charge is 0.392 e. The lowest BCUT2D eigenvalue weighted by molar-refractivity contribution is 0.109. The standard InChI is InChI=1S/C12H25NO/c1-4-10(3)12(14)8-13-11-6-5-9(2)7-11/h9-14H,4-8H2,1-3H3. The molecule has 0 radical (unpaired) electrons. The van der Waals surface area contributed by atoms with Crippen molar-refractivity contribution in [1.29, 1.82) is 0 Å². The fourth-order valence-electron chi connectivity index (χ4n) is 2.15. The number of hydrogen-bond donors (Lipinski definition) is 2. The van der Waals surface area contributed by atoms with Gasteiger partial charge in [0.1, 0.15) is 0 Å². The topological polar surface area (TPSA) is 32.3 Å². The van der Waals surface area contributed by atoms with Gasteiger partial charge >= 0.3 is 0 Å². The minimum absolute atomic E-state index is 0.170. The molecule has 1 fully saturated rings. The Bertz CT molecular complexity index is 158. The summed E-state index contributed by atoms with van der Waals surface area (Å²) in [7, 11) is 0. The molecule has 0 saturated heterocycles. The summed E-state index contributed by atoms with van der Waals surface area (Å²) < 4.78 is 0. The molecule has 0 spiro atoms. The van der Waals surface area contributed by atoms with Crippen LogP contribution in [-0.4, -0.2) is 23.8 Å². The molecule has 0 aromatic heterocycles. The van der Waals surface area contributed by atoms with Crippen molar-refractivity contribution in [3.63, 3.8) is 0 Å². The summed E-state index contributed by atoms with van der Waals surface area (Å²) in [6.45, 7) is 7.33. The molecule has 1 saturated carbocycles. The van der Waals surface area contributed by atoms with Crippen LogP contribution in [0, 0.1) is 11.8 Å². The van der Waals surface area contributed by atoms with E-state index in [-0.39, 0.29) is 6.10 Å². The fourth-order valence-corrected chi connectivity index (χ4v) is 2.15. The summed E-state index contributed by atoms with van der Waals surface area (Å²) in [5.41, 5.74) is 0. The second kappa shape index (κ2) is 5.72. The number of aliphatic hydroxyl groups excluding tert-OH is 1. The highest BCUT2D eigenvalue weighted by Crippen LogP contribution is 2.24. The van der Waals surface area contributed by atoms with Crippen molar-refractivity contribution in [2.75, 3.05) is 6.54 Å². The summed E-state index contributed by atoms with van der Waals surface area (Å²) in [4.78, 5) is 0. The van der Waals surface area contributed by atoms with Crippen molar-refractivity contribution in [2.24, 2.45) is 11.8 Å². The van der Waals surface area contributed by atoms with Crippen molar-refractivity contribution in [3.05, 3.63) is 0 Å². The van der Waals surface area contributed by atoms with Crippen molar-refractivity contribution in [1.82, 2.24) is 5.32 Å². The van der Waals surface area contributed by atoms with Gasteiger partial charge in [0, 0.05) is 12.6 Å². The van der Waals surface area contributed by atoms with Gasteiger partial charge in [0.2, 0.25) is 0 Å². The number of nitrogens with one attached hydrogen (secondary N) is 1. The van der Waals surface area contributed by atoms with E-state index in [0.717, 1.165) is 18.9 Å². The van der Waals surface area contributed by atoms with Gasteiger partial charge in [-0.15, -0.1) is 0 Å². The fraction of sp³-hybridized carbons (Fsp3) is 1.00. The molecular weight excluding hydrogens is 174 g/mol. The minimum Gasteiger partial charge on any atom is -0.392 e. The third kappa shape index (κ3) is 3.58. The Kier molecular flexibility index (Phi) is 4.90. The molecule has 1 aliphatic carbocycles. The quantitative estimate of drug-likeness (QED) is 0.711. The second-order valence-corrected chi connectivity index (χ2v) is 4.98. The van der Waals surface area contributed by atoms with Crippen LogP contribution >= 0.6 is 0 Å².